The Labute approximate surface area is 176 Å². The zero-order chi connectivity index (χ0) is 20.5. The molecule has 0 amide bonds. The predicted octanol–water partition coefficient (Wildman–Crippen LogP) is 4.11. The van der Waals surface area contributed by atoms with Crippen LogP contribution in [0.4, 0.5) is 0 Å². The molecule has 0 spiro atoms. The van der Waals surface area contributed by atoms with Gasteiger partial charge in [0.25, 0.3) is 0 Å². The number of nitrogens with zero attached hydrogens (tertiary/aromatic N) is 6. The van der Waals surface area contributed by atoms with Gasteiger partial charge in [-0.1, -0.05) is 42.0 Å². The van der Waals surface area contributed by atoms with Crippen LogP contribution >= 0.6 is 22.9 Å². The number of hydrogen-bond donors (Lipinski definition) is 0. The molecular formula is C20H19ClN6OS. The Kier molecular flexibility index (Phi) is 5.38. The van der Waals surface area contributed by atoms with Crippen LogP contribution in [0, 0.1) is 6.92 Å². The van der Waals surface area contributed by atoms with Crippen molar-refractivity contribution in [1.29, 1.82) is 0 Å². The molecule has 9 heteroatoms. The van der Waals surface area contributed by atoms with E-state index < -0.39 is 0 Å². The van der Waals surface area contributed by atoms with Crippen LogP contribution in [0.5, 0.6) is 0 Å². The number of Topliss-reactive ketones (excluding diaryl/α,β-unsaturated/α-hetero) is 1. The van der Waals surface area contributed by atoms with Gasteiger partial charge in [-0.15, -0.1) is 5.10 Å². The minimum atomic E-state index is 0.0753. The largest absolute Gasteiger partial charge is 0.299 e. The first-order valence-electron chi connectivity index (χ1n) is 9.20. The molecule has 0 aliphatic rings. The molecule has 0 unspecified atom stereocenters. The summed E-state index contributed by atoms with van der Waals surface area (Å²) in [6.45, 7) is 6.20. The van der Waals surface area contributed by atoms with Gasteiger partial charge in [0.1, 0.15) is 16.1 Å². The molecule has 0 aliphatic heterocycles. The molecule has 0 N–H and O–H groups in total. The molecular weight excluding hydrogens is 408 g/mol. The SMILES string of the molecule is Cc1nc2c(C(C)C)c(CC(=O)Cc3cnc(-n4ccnn4)c(Cl)c3)cnc2s1. The second kappa shape index (κ2) is 7.96. The Bertz CT molecular complexity index is 1190. The molecule has 4 aromatic rings. The van der Waals surface area contributed by atoms with Gasteiger partial charge in [0.2, 0.25) is 0 Å². The van der Waals surface area contributed by atoms with Crippen LogP contribution in [0.3, 0.4) is 0 Å². The van der Waals surface area contributed by atoms with Gasteiger partial charge in [-0.3, -0.25) is 4.79 Å². The second-order valence-corrected chi connectivity index (χ2v) is 8.72. The van der Waals surface area contributed by atoms with Crippen molar-refractivity contribution in [2.45, 2.75) is 39.5 Å². The first-order valence-corrected chi connectivity index (χ1v) is 10.4. The monoisotopic (exact) mass is 426 g/mol. The van der Waals surface area contributed by atoms with Crippen LogP contribution in [0.1, 0.15) is 41.5 Å². The first kappa shape index (κ1) is 19.6. The second-order valence-electron chi connectivity index (χ2n) is 7.13. The fraction of sp³-hybridized carbons (Fsp3) is 0.300. The molecule has 7 nitrogen and oxygen atoms in total. The zero-order valence-corrected chi connectivity index (χ0v) is 17.8. The summed E-state index contributed by atoms with van der Waals surface area (Å²) in [5.41, 5.74) is 3.70. The number of pyridine rings is 2. The standard InChI is InChI=1S/C20H19ClN6OS/c1-11(2)17-14(10-23-20-18(17)25-12(3)29-20)8-15(28)6-13-7-16(21)19(22-9-13)27-5-4-24-26-27/h4-5,7,9-11H,6,8H2,1-3H3. The Balaban J connectivity index is 1.56. The number of halogens is 1. The highest BCUT2D eigenvalue weighted by atomic mass is 35.5. The fourth-order valence-corrected chi connectivity index (χ4v) is 4.43. The topological polar surface area (TPSA) is 86.5 Å². The van der Waals surface area contributed by atoms with Gasteiger partial charge in [0, 0.05) is 25.2 Å². The van der Waals surface area contributed by atoms with Crippen molar-refractivity contribution in [1.82, 2.24) is 29.9 Å². The molecule has 29 heavy (non-hydrogen) atoms. The smallest absolute Gasteiger partial charge is 0.173 e. The lowest BCUT2D eigenvalue weighted by Crippen LogP contribution is -2.11. The number of aryl methyl sites for hydroxylation is 1. The quantitative estimate of drug-likeness (QED) is 0.461. The molecule has 0 fully saturated rings. The molecule has 0 aliphatic carbocycles. The lowest BCUT2D eigenvalue weighted by molar-refractivity contribution is -0.117. The maximum absolute atomic E-state index is 12.8. The zero-order valence-electron chi connectivity index (χ0n) is 16.3. The first-order chi connectivity index (χ1) is 13.9. The van der Waals surface area contributed by atoms with E-state index in [-0.39, 0.29) is 18.1 Å². The minimum Gasteiger partial charge on any atom is -0.299 e. The van der Waals surface area contributed by atoms with Crippen LogP contribution in [-0.2, 0) is 17.6 Å². The van der Waals surface area contributed by atoms with Gasteiger partial charge >= 0.3 is 0 Å². The number of hydrogen-bond acceptors (Lipinski definition) is 7. The van der Waals surface area contributed by atoms with Gasteiger partial charge in [-0.2, -0.15) is 0 Å². The fourth-order valence-electron chi connectivity index (χ4n) is 3.38. The Morgan fingerprint density at radius 1 is 1.24 bits per heavy atom. The van der Waals surface area contributed by atoms with Crippen LogP contribution in [0.25, 0.3) is 16.2 Å². The number of carbonyl (C=O) groups excluding carboxylic acids is 1. The molecule has 4 aromatic heterocycles. The molecule has 148 valence electrons. The third-order valence-electron chi connectivity index (χ3n) is 4.54. The highest BCUT2D eigenvalue weighted by Crippen LogP contribution is 2.31. The van der Waals surface area contributed by atoms with E-state index >= 15 is 0 Å². The number of carbonyl (C=O) groups is 1. The number of aromatic nitrogens is 6. The van der Waals surface area contributed by atoms with E-state index in [9.17, 15) is 4.79 Å². The summed E-state index contributed by atoms with van der Waals surface area (Å²) in [6, 6.07) is 1.75. The van der Waals surface area contributed by atoms with Crippen molar-refractivity contribution in [2.24, 2.45) is 0 Å². The Morgan fingerprint density at radius 2 is 2.07 bits per heavy atom. The van der Waals surface area contributed by atoms with Crippen LogP contribution in [0.15, 0.2) is 30.9 Å². The maximum Gasteiger partial charge on any atom is 0.173 e. The van der Waals surface area contributed by atoms with E-state index in [0.29, 0.717) is 17.3 Å². The van der Waals surface area contributed by atoms with Crippen LogP contribution in [0.2, 0.25) is 5.02 Å². The summed E-state index contributed by atoms with van der Waals surface area (Å²) >= 11 is 7.89. The average molecular weight is 427 g/mol. The van der Waals surface area contributed by atoms with Crippen molar-refractivity contribution in [3.05, 3.63) is 57.6 Å². The van der Waals surface area contributed by atoms with Crippen molar-refractivity contribution < 1.29 is 4.79 Å². The van der Waals surface area contributed by atoms with Gasteiger partial charge in [0.05, 0.1) is 22.4 Å². The van der Waals surface area contributed by atoms with E-state index in [1.54, 1.807) is 36.0 Å². The maximum atomic E-state index is 12.8. The summed E-state index contributed by atoms with van der Waals surface area (Å²) in [4.78, 5) is 27.2. The lowest BCUT2D eigenvalue weighted by Gasteiger charge is -2.13. The number of fused-ring (bicyclic) bond motifs is 1. The summed E-state index contributed by atoms with van der Waals surface area (Å²) in [6.07, 6.45) is 7.22. The molecule has 4 rings (SSSR count). The Morgan fingerprint density at radius 3 is 2.76 bits per heavy atom. The lowest BCUT2D eigenvalue weighted by atomic mass is 9.94. The van der Waals surface area contributed by atoms with Crippen molar-refractivity contribution in [3.8, 4) is 5.82 Å². The van der Waals surface area contributed by atoms with E-state index in [1.807, 2.05) is 13.1 Å². The highest BCUT2D eigenvalue weighted by molar-refractivity contribution is 7.18. The van der Waals surface area contributed by atoms with Gasteiger partial charge in [0.15, 0.2) is 5.82 Å². The van der Waals surface area contributed by atoms with Crippen molar-refractivity contribution in [2.75, 3.05) is 0 Å². The number of thiazole rings is 1. The summed E-state index contributed by atoms with van der Waals surface area (Å²) in [7, 11) is 0. The minimum absolute atomic E-state index is 0.0753. The van der Waals surface area contributed by atoms with Gasteiger partial charge in [-0.05, 0) is 35.6 Å². The highest BCUT2D eigenvalue weighted by Gasteiger charge is 2.18. The van der Waals surface area contributed by atoms with E-state index in [1.165, 1.54) is 4.68 Å². The number of ketones is 1. The third kappa shape index (κ3) is 4.04. The summed E-state index contributed by atoms with van der Waals surface area (Å²) < 4.78 is 1.49. The molecule has 0 saturated heterocycles. The van der Waals surface area contributed by atoms with E-state index in [4.69, 9.17) is 11.6 Å². The van der Waals surface area contributed by atoms with Gasteiger partial charge < -0.3 is 0 Å². The molecule has 0 radical (unpaired) electrons. The van der Waals surface area contributed by atoms with E-state index in [0.717, 1.165) is 32.0 Å². The molecule has 0 bridgehead atoms. The average Bonchev–Trinajstić information content (AvgIpc) is 3.30. The van der Waals surface area contributed by atoms with Crippen molar-refractivity contribution in [3.63, 3.8) is 0 Å². The molecule has 4 heterocycles. The Hall–Kier alpha value is -2.71. The molecule has 0 saturated carbocycles. The van der Waals surface area contributed by atoms with Gasteiger partial charge in [-0.25, -0.2) is 19.6 Å². The van der Waals surface area contributed by atoms with Crippen LogP contribution < -0.4 is 0 Å². The third-order valence-corrected chi connectivity index (χ3v) is 5.70. The molecule has 0 atom stereocenters. The van der Waals surface area contributed by atoms with Crippen molar-refractivity contribution >= 4 is 39.1 Å². The van der Waals surface area contributed by atoms with Crippen LogP contribution in [-0.4, -0.2) is 35.7 Å². The summed E-state index contributed by atoms with van der Waals surface area (Å²) in [5, 5.41) is 9.04. The summed E-state index contributed by atoms with van der Waals surface area (Å²) in [5.74, 6) is 0.810. The predicted molar refractivity (Wildman–Crippen MR) is 113 cm³/mol. The van der Waals surface area contributed by atoms with E-state index in [2.05, 4.69) is 39.1 Å². The molecule has 0 aromatic carbocycles. The number of rotatable bonds is 6. The normalized spacial score (nSPS) is 11.5.